The third-order valence-corrected chi connectivity index (χ3v) is 6.67. The number of fused-ring (bicyclic) bond motifs is 1. The summed E-state index contributed by atoms with van der Waals surface area (Å²) in [5.41, 5.74) is 2.40. The van der Waals surface area contributed by atoms with E-state index in [1.165, 1.54) is 4.31 Å². The van der Waals surface area contributed by atoms with Crippen LogP contribution in [0.15, 0.2) is 83.8 Å². The average Bonchev–Trinajstić information content (AvgIpc) is 2.71. The first-order valence-corrected chi connectivity index (χ1v) is 11.1. The van der Waals surface area contributed by atoms with Gasteiger partial charge in [0.25, 0.3) is 0 Å². The van der Waals surface area contributed by atoms with Crippen molar-refractivity contribution >= 4 is 15.7 Å². The molecule has 29 heavy (non-hydrogen) atoms. The van der Waals surface area contributed by atoms with Crippen molar-refractivity contribution in [2.24, 2.45) is 0 Å². The molecule has 1 atom stereocenters. The number of para-hydroxylation sites is 1. The summed E-state index contributed by atoms with van der Waals surface area (Å²) in [6, 6.07) is 24.2. The topological polar surface area (TPSA) is 58.6 Å². The zero-order valence-corrected chi connectivity index (χ0v) is 17.3. The van der Waals surface area contributed by atoms with Crippen molar-refractivity contribution in [3.63, 3.8) is 0 Å². The van der Waals surface area contributed by atoms with E-state index in [1.54, 1.807) is 18.2 Å². The van der Waals surface area contributed by atoms with E-state index in [1.807, 2.05) is 74.5 Å². The van der Waals surface area contributed by atoms with E-state index in [-0.39, 0.29) is 12.6 Å². The van der Waals surface area contributed by atoms with Gasteiger partial charge in [-0.25, -0.2) is 8.42 Å². The Morgan fingerprint density at radius 1 is 0.931 bits per heavy atom. The second-order valence-corrected chi connectivity index (χ2v) is 9.17. The molecule has 3 aromatic carbocycles. The maximum absolute atomic E-state index is 13.5. The highest BCUT2D eigenvalue weighted by Crippen LogP contribution is 2.39. The van der Waals surface area contributed by atoms with Crippen molar-refractivity contribution in [1.82, 2.24) is 4.31 Å². The summed E-state index contributed by atoms with van der Waals surface area (Å²) < 4.78 is 34.2. The predicted molar refractivity (Wildman–Crippen MR) is 114 cm³/mol. The Morgan fingerprint density at radius 3 is 2.28 bits per heavy atom. The molecule has 1 N–H and O–H groups in total. The smallest absolute Gasteiger partial charge is 0.247 e. The SMILES string of the molecule is CC(C)Oc1ccc([C@H]2Nc3ccccc3S(=O)(=O)N2Cc2ccccc2)cc1. The van der Waals surface area contributed by atoms with Crippen molar-refractivity contribution in [2.45, 2.75) is 37.6 Å². The molecule has 0 aromatic heterocycles. The van der Waals surface area contributed by atoms with Crippen LogP contribution in [-0.2, 0) is 16.6 Å². The lowest BCUT2D eigenvalue weighted by molar-refractivity contribution is 0.242. The fourth-order valence-corrected chi connectivity index (χ4v) is 5.16. The highest BCUT2D eigenvalue weighted by Gasteiger charge is 2.38. The minimum absolute atomic E-state index is 0.0792. The molecule has 150 valence electrons. The number of anilines is 1. The Bertz CT molecular complexity index is 1080. The van der Waals surface area contributed by atoms with Crippen LogP contribution in [0.1, 0.15) is 31.1 Å². The number of nitrogens with zero attached hydrogens (tertiary/aromatic N) is 1. The average molecular weight is 409 g/mol. The molecule has 0 saturated carbocycles. The number of rotatable bonds is 5. The summed E-state index contributed by atoms with van der Waals surface area (Å²) >= 11 is 0. The van der Waals surface area contributed by atoms with Crippen LogP contribution in [-0.4, -0.2) is 18.8 Å². The Kier molecular flexibility index (Phi) is 5.30. The highest BCUT2D eigenvalue weighted by molar-refractivity contribution is 7.89. The van der Waals surface area contributed by atoms with Gasteiger partial charge in [0.15, 0.2) is 0 Å². The van der Waals surface area contributed by atoms with Gasteiger partial charge in [0.05, 0.1) is 11.8 Å². The van der Waals surface area contributed by atoms with Crippen LogP contribution in [0.4, 0.5) is 5.69 Å². The quantitative estimate of drug-likeness (QED) is 0.659. The molecule has 0 fully saturated rings. The van der Waals surface area contributed by atoms with Gasteiger partial charge in [-0.3, -0.25) is 0 Å². The molecule has 0 radical (unpaired) electrons. The fourth-order valence-electron chi connectivity index (χ4n) is 3.49. The molecule has 0 unspecified atom stereocenters. The number of hydrogen-bond acceptors (Lipinski definition) is 4. The molecule has 5 nitrogen and oxygen atoms in total. The summed E-state index contributed by atoms with van der Waals surface area (Å²) in [6.45, 7) is 4.23. The Labute approximate surface area is 172 Å². The first kappa shape index (κ1) is 19.5. The van der Waals surface area contributed by atoms with Crippen LogP contribution < -0.4 is 10.1 Å². The lowest BCUT2D eigenvalue weighted by Gasteiger charge is -2.37. The molecule has 1 aliphatic heterocycles. The zero-order valence-electron chi connectivity index (χ0n) is 16.4. The first-order valence-electron chi connectivity index (χ1n) is 9.63. The summed E-state index contributed by atoms with van der Waals surface area (Å²) in [4.78, 5) is 0.298. The summed E-state index contributed by atoms with van der Waals surface area (Å²) in [7, 11) is -3.67. The lowest BCUT2D eigenvalue weighted by atomic mass is 10.1. The molecule has 4 rings (SSSR count). The zero-order chi connectivity index (χ0) is 20.4. The summed E-state index contributed by atoms with van der Waals surface area (Å²) in [5.74, 6) is 0.762. The fraction of sp³-hybridized carbons (Fsp3) is 0.217. The van der Waals surface area contributed by atoms with E-state index in [0.717, 1.165) is 16.9 Å². The molecule has 0 saturated heterocycles. The third-order valence-electron chi connectivity index (χ3n) is 4.80. The molecule has 1 aliphatic rings. The van der Waals surface area contributed by atoms with Gasteiger partial charge in [0.1, 0.15) is 16.8 Å². The second kappa shape index (κ2) is 7.89. The van der Waals surface area contributed by atoms with Crippen LogP contribution in [0.3, 0.4) is 0 Å². The molecule has 0 aliphatic carbocycles. The van der Waals surface area contributed by atoms with Gasteiger partial charge < -0.3 is 10.1 Å². The van der Waals surface area contributed by atoms with E-state index < -0.39 is 16.2 Å². The molecular formula is C23H24N2O3S. The largest absolute Gasteiger partial charge is 0.491 e. The van der Waals surface area contributed by atoms with Gasteiger partial charge in [-0.05, 0) is 49.2 Å². The van der Waals surface area contributed by atoms with Crippen LogP contribution in [0.2, 0.25) is 0 Å². The Hall–Kier alpha value is -2.83. The van der Waals surface area contributed by atoms with Gasteiger partial charge in [-0.2, -0.15) is 4.31 Å². The van der Waals surface area contributed by atoms with Gasteiger partial charge in [0.2, 0.25) is 10.0 Å². The van der Waals surface area contributed by atoms with Crippen LogP contribution in [0, 0.1) is 0 Å². The Morgan fingerprint density at radius 2 is 1.59 bits per heavy atom. The van der Waals surface area contributed by atoms with Gasteiger partial charge in [0, 0.05) is 6.54 Å². The molecule has 1 heterocycles. The van der Waals surface area contributed by atoms with Crippen molar-refractivity contribution < 1.29 is 13.2 Å². The monoisotopic (exact) mass is 408 g/mol. The van der Waals surface area contributed by atoms with E-state index >= 15 is 0 Å². The molecular weight excluding hydrogens is 384 g/mol. The van der Waals surface area contributed by atoms with E-state index in [4.69, 9.17) is 4.74 Å². The third kappa shape index (κ3) is 3.99. The van der Waals surface area contributed by atoms with Gasteiger partial charge in [-0.15, -0.1) is 0 Å². The number of ether oxygens (including phenoxy) is 1. The minimum atomic E-state index is -3.67. The van der Waals surface area contributed by atoms with Crippen molar-refractivity contribution in [3.8, 4) is 5.75 Å². The molecule has 6 heteroatoms. The molecule has 0 spiro atoms. The molecule has 0 bridgehead atoms. The number of sulfonamides is 1. The van der Waals surface area contributed by atoms with Crippen LogP contribution in [0.25, 0.3) is 0 Å². The lowest BCUT2D eigenvalue weighted by Crippen LogP contribution is -2.42. The maximum Gasteiger partial charge on any atom is 0.247 e. The minimum Gasteiger partial charge on any atom is -0.491 e. The normalized spacial score (nSPS) is 18.1. The van der Waals surface area contributed by atoms with Crippen molar-refractivity contribution in [2.75, 3.05) is 5.32 Å². The molecule has 0 amide bonds. The van der Waals surface area contributed by atoms with Crippen LogP contribution >= 0.6 is 0 Å². The predicted octanol–water partition coefficient (Wildman–Crippen LogP) is 4.79. The van der Waals surface area contributed by atoms with Crippen molar-refractivity contribution in [1.29, 1.82) is 0 Å². The highest BCUT2D eigenvalue weighted by atomic mass is 32.2. The van der Waals surface area contributed by atoms with Crippen molar-refractivity contribution in [3.05, 3.63) is 90.0 Å². The van der Waals surface area contributed by atoms with E-state index in [9.17, 15) is 8.42 Å². The molecule has 3 aromatic rings. The first-order chi connectivity index (χ1) is 13.9. The van der Waals surface area contributed by atoms with E-state index in [0.29, 0.717) is 10.6 Å². The number of benzene rings is 3. The van der Waals surface area contributed by atoms with E-state index in [2.05, 4.69) is 5.32 Å². The summed E-state index contributed by atoms with van der Waals surface area (Å²) in [6.07, 6.45) is -0.432. The van der Waals surface area contributed by atoms with Gasteiger partial charge >= 0.3 is 0 Å². The van der Waals surface area contributed by atoms with Crippen LogP contribution in [0.5, 0.6) is 5.75 Å². The number of nitrogens with one attached hydrogen (secondary N) is 1. The number of hydrogen-bond donors (Lipinski definition) is 1. The standard InChI is InChI=1S/C23H24N2O3S/c1-17(2)28-20-14-12-19(13-15-20)23-24-21-10-6-7-11-22(21)29(26,27)25(23)16-18-8-4-3-5-9-18/h3-15,17,23-24H,16H2,1-2H3/t23-/m0/s1. The van der Waals surface area contributed by atoms with Gasteiger partial charge in [-0.1, -0.05) is 54.6 Å². The second-order valence-electron chi connectivity index (χ2n) is 7.31. The summed E-state index contributed by atoms with van der Waals surface area (Å²) in [5, 5.41) is 3.41. The Balaban J connectivity index is 1.75. The maximum atomic E-state index is 13.5.